The summed E-state index contributed by atoms with van der Waals surface area (Å²) in [6, 6.07) is 11.7. The number of halogens is 1. The Morgan fingerprint density at radius 2 is 1.93 bits per heavy atom. The Bertz CT molecular complexity index is 804. The van der Waals surface area contributed by atoms with Gasteiger partial charge in [0.25, 0.3) is 5.91 Å². The van der Waals surface area contributed by atoms with Crippen LogP contribution in [0.3, 0.4) is 0 Å². The number of aryl methyl sites for hydroxylation is 1. The molecule has 158 valence electrons. The van der Waals surface area contributed by atoms with Crippen molar-refractivity contribution in [2.24, 2.45) is 5.73 Å². The van der Waals surface area contributed by atoms with Crippen LogP contribution in [0.1, 0.15) is 48.7 Å². The Hall–Kier alpha value is -2.31. The van der Waals surface area contributed by atoms with Gasteiger partial charge in [-0.2, -0.15) is 0 Å². The van der Waals surface area contributed by atoms with E-state index in [2.05, 4.69) is 24.4 Å². The lowest BCUT2D eigenvalue weighted by Crippen LogP contribution is -2.49. The first-order valence-electron chi connectivity index (χ1n) is 10.1. The number of benzene rings is 1. The minimum Gasteiger partial charge on any atom is -0.451 e. The van der Waals surface area contributed by atoms with Crippen LogP contribution in [0.4, 0.5) is 0 Å². The van der Waals surface area contributed by atoms with E-state index < -0.39 is 0 Å². The number of furan rings is 1. The largest absolute Gasteiger partial charge is 0.451 e. The second kappa shape index (κ2) is 11.0. The predicted octanol–water partition coefficient (Wildman–Crippen LogP) is 3.39. The number of hydrogen-bond donors (Lipinski definition) is 2. The third kappa shape index (κ3) is 5.84. The lowest BCUT2D eigenvalue weighted by molar-refractivity contribution is -0.121. The summed E-state index contributed by atoms with van der Waals surface area (Å²) in [5, 5.41) is 2.89. The summed E-state index contributed by atoms with van der Waals surface area (Å²) >= 11 is 0. The van der Waals surface area contributed by atoms with Crippen LogP contribution in [0.15, 0.2) is 40.8 Å². The molecule has 0 bridgehead atoms. The first-order chi connectivity index (χ1) is 13.6. The minimum atomic E-state index is -0.116. The first kappa shape index (κ1) is 23.0. The fourth-order valence-electron chi connectivity index (χ4n) is 3.59. The zero-order chi connectivity index (χ0) is 19.9. The van der Waals surface area contributed by atoms with Gasteiger partial charge < -0.3 is 20.4 Å². The van der Waals surface area contributed by atoms with Crippen molar-refractivity contribution in [3.8, 4) is 11.3 Å². The standard InChI is InChI=1S/C22H29N3O3.ClH/c1-2-16-6-8-17(9-7-16)19-10-11-20(28-19)22(27)25-14-4-3-5-18(25)15-24-21(26)12-13-23;/h6-11,18H,2-5,12-15,23H2,1H3,(H,24,26);1H. The average Bonchev–Trinajstić information content (AvgIpc) is 3.22. The van der Waals surface area contributed by atoms with Gasteiger partial charge >= 0.3 is 0 Å². The molecule has 1 atom stereocenters. The van der Waals surface area contributed by atoms with Gasteiger partial charge in [-0.05, 0) is 43.4 Å². The molecule has 0 spiro atoms. The molecular formula is C22H30ClN3O3. The Morgan fingerprint density at radius 3 is 2.62 bits per heavy atom. The number of hydrogen-bond acceptors (Lipinski definition) is 4. The van der Waals surface area contributed by atoms with Crippen molar-refractivity contribution in [1.29, 1.82) is 0 Å². The highest BCUT2D eigenvalue weighted by molar-refractivity contribution is 5.92. The highest BCUT2D eigenvalue weighted by atomic mass is 35.5. The number of piperidine rings is 1. The summed E-state index contributed by atoms with van der Waals surface area (Å²) in [6.07, 6.45) is 4.18. The smallest absolute Gasteiger partial charge is 0.289 e. The van der Waals surface area contributed by atoms with Gasteiger partial charge in [-0.1, -0.05) is 31.2 Å². The van der Waals surface area contributed by atoms with Gasteiger partial charge in [0.2, 0.25) is 5.91 Å². The summed E-state index contributed by atoms with van der Waals surface area (Å²) in [4.78, 5) is 26.6. The maximum atomic E-state index is 13.0. The Kier molecular flexibility index (Phi) is 8.73. The van der Waals surface area contributed by atoms with Crippen LogP contribution in [0, 0.1) is 0 Å². The molecule has 1 fully saturated rings. The monoisotopic (exact) mass is 419 g/mol. The maximum Gasteiger partial charge on any atom is 0.289 e. The van der Waals surface area contributed by atoms with Crippen molar-refractivity contribution in [3.05, 3.63) is 47.7 Å². The highest BCUT2D eigenvalue weighted by Gasteiger charge is 2.29. The van der Waals surface area contributed by atoms with Crippen molar-refractivity contribution in [2.45, 2.75) is 45.1 Å². The number of likely N-dealkylation sites (tertiary alicyclic amines) is 1. The van der Waals surface area contributed by atoms with Gasteiger partial charge in [0.15, 0.2) is 5.76 Å². The average molecular weight is 420 g/mol. The molecule has 0 aliphatic carbocycles. The molecule has 1 aromatic carbocycles. The van der Waals surface area contributed by atoms with Gasteiger partial charge in [0, 0.05) is 37.7 Å². The third-order valence-electron chi connectivity index (χ3n) is 5.26. The predicted molar refractivity (Wildman–Crippen MR) is 116 cm³/mol. The van der Waals surface area contributed by atoms with E-state index in [4.69, 9.17) is 10.2 Å². The summed E-state index contributed by atoms with van der Waals surface area (Å²) in [6.45, 7) is 3.58. The first-order valence-corrected chi connectivity index (χ1v) is 10.1. The van der Waals surface area contributed by atoms with Crippen molar-refractivity contribution < 1.29 is 14.0 Å². The number of carbonyl (C=O) groups is 2. The van der Waals surface area contributed by atoms with Crippen LogP contribution >= 0.6 is 12.4 Å². The fraction of sp³-hybridized carbons (Fsp3) is 0.455. The second-order valence-corrected chi connectivity index (χ2v) is 7.21. The van der Waals surface area contributed by atoms with E-state index in [-0.39, 0.29) is 30.3 Å². The van der Waals surface area contributed by atoms with E-state index in [9.17, 15) is 9.59 Å². The van der Waals surface area contributed by atoms with E-state index >= 15 is 0 Å². The minimum absolute atomic E-state index is 0. The van der Waals surface area contributed by atoms with Crippen LogP contribution in [0.2, 0.25) is 0 Å². The number of carbonyl (C=O) groups excluding carboxylic acids is 2. The number of nitrogens with two attached hydrogens (primary N) is 1. The zero-order valence-corrected chi connectivity index (χ0v) is 17.7. The van der Waals surface area contributed by atoms with Gasteiger partial charge in [0.05, 0.1) is 0 Å². The highest BCUT2D eigenvalue weighted by Crippen LogP contribution is 2.25. The molecule has 0 saturated carbocycles. The molecule has 1 aromatic heterocycles. The number of rotatable bonds is 7. The zero-order valence-electron chi connectivity index (χ0n) is 16.9. The summed E-state index contributed by atoms with van der Waals surface area (Å²) in [5.41, 5.74) is 7.64. The van der Waals surface area contributed by atoms with Crippen molar-refractivity contribution >= 4 is 24.2 Å². The normalized spacial score (nSPS) is 16.2. The molecule has 0 radical (unpaired) electrons. The van der Waals surface area contributed by atoms with Gasteiger partial charge in [-0.25, -0.2) is 0 Å². The number of amides is 2. The van der Waals surface area contributed by atoms with Gasteiger partial charge in [-0.15, -0.1) is 12.4 Å². The Balaban J connectivity index is 0.00000300. The molecule has 7 heteroatoms. The topological polar surface area (TPSA) is 88.6 Å². The van der Waals surface area contributed by atoms with E-state index in [0.29, 0.717) is 37.6 Å². The number of nitrogens with zero attached hydrogens (tertiary/aromatic N) is 1. The van der Waals surface area contributed by atoms with E-state index in [1.54, 1.807) is 6.07 Å². The van der Waals surface area contributed by atoms with E-state index in [1.807, 2.05) is 23.1 Å². The molecule has 1 aliphatic rings. The summed E-state index contributed by atoms with van der Waals surface area (Å²) in [5.74, 6) is 0.844. The van der Waals surface area contributed by atoms with Gasteiger partial charge in [0.1, 0.15) is 5.76 Å². The molecule has 1 saturated heterocycles. The van der Waals surface area contributed by atoms with Crippen LogP contribution in [0.25, 0.3) is 11.3 Å². The third-order valence-corrected chi connectivity index (χ3v) is 5.26. The van der Waals surface area contributed by atoms with Crippen molar-refractivity contribution in [2.75, 3.05) is 19.6 Å². The van der Waals surface area contributed by atoms with Crippen LogP contribution in [0.5, 0.6) is 0 Å². The molecule has 29 heavy (non-hydrogen) atoms. The molecule has 6 nitrogen and oxygen atoms in total. The molecule has 1 aliphatic heterocycles. The van der Waals surface area contributed by atoms with Crippen LogP contribution in [-0.2, 0) is 11.2 Å². The number of nitrogens with one attached hydrogen (secondary N) is 1. The van der Waals surface area contributed by atoms with Gasteiger partial charge in [-0.3, -0.25) is 9.59 Å². The van der Waals surface area contributed by atoms with E-state index in [0.717, 1.165) is 31.2 Å². The fourth-order valence-corrected chi connectivity index (χ4v) is 3.59. The quantitative estimate of drug-likeness (QED) is 0.719. The SMILES string of the molecule is CCc1ccc(-c2ccc(C(=O)N3CCCCC3CNC(=O)CCN)o2)cc1.Cl. The molecule has 3 N–H and O–H groups in total. The van der Waals surface area contributed by atoms with Crippen molar-refractivity contribution in [3.63, 3.8) is 0 Å². The lowest BCUT2D eigenvalue weighted by atomic mass is 10.0. The van der Waals surface area contributed by atoms with Crippen LogP contribution in [-0.4, -0.2) is 42.4 Å². The Morgan fingerprint density at radius 1 is 1.17 bits per heavy atom. The summed E-state index contributed by atoms with van der Waals surface area (Å²) in [7, 11) is 0. The molecule has 1 unspecified atom stereocenters. The maximum absolute atomic E-state index is 13.0. The molecule has 2 aromatic rings. The van der Waals surface area contributed by atoms with E-state index in [1.165, 1.54) is 5.56 Å². The molecule has 3 rings (SSSR count). The lowest BCUT2D eigenvalue weighted by Gasteiger charge is -2.35. The second-order valence-electron chi connectivity index (χ2n) is 7.21. The van der Waals surface area contributed by atoms with Crippen LogP contribution < -0.4 is 11.1 Å². The molecule has 2 heterocycles. The molecular weight excluding hydrogens is 390 g/mol. The molecule has 2 amide bonds. The Labute approximate surface area is 178 Å². The summed E-state index contributed by atoms with van der Waals surface area (Å²) < 4.78 is 5.88. The van der Waals surface area contributed by atoms with Crippen molar-refractivity contribution in [1.82, 2.24) is 10.2 Å².